The van der Waals surface area contributed by atoms with Gasteiger partial charge in [-0.2, -0.15) is 0 Å². The lowest BCUT2D eigenvalue weighted by molar-refractivity contribution is -0.120. The van der Waals surface area contributed by atoms with E-state index in [-0.39, 0.29) is 5.91 Å². The number of carbonyl (C=O) groups excluding carboxylic acids is 1. The van der Waals surface area contributed by atoms with Crippen molar-refractivity contribution in [2.45, 2.75) is 39.8 Å². The molecule has 0 bridgehead atoms. The number of rotatable bonds is 5. The van der Waals surface area contributed by atoms with Crippen LogP contribution in [0.3, 0.4) is 0 Å². The number of thiophene rings is 1. The second kappa shape index (κ2) is 6.54. The highest BCUT2D eigenvalue weighted by molar-refractivity contribution is 7.10. The van der Waals surface area contributed by atoms with E-state index in [1.165, 1.54) is 0 Å². The van der Waals surface area contributed by atoms with Gasteiger partial charge in [-0.3, -0.25) is 4.79 Å². The molecule has 0 aliphatic rings. The fraction of sp³-hybridized carbons (Fsp3) is 0.333. The molecule has 0 aliphatic heterocycles. The molecular weight excluding hydrogens is 306 g/mol. The lowest BCUT2D eigenvalue weighted by Gasteiger charge is -2.11. The number of imidazole rings is 1. The zero-order valence-electron chi connectivity index (χ0n) is 13.7. The van der Waals surface area contributed by atoms with E-state index < -0.39 is 0 Å². The number of carbonyl (C=O) groups is 1. The van der Waals surface area contributed by atoms with Gasteiger partial charge in [0.2, 0.25) is 5.91 Å². The van der Waals surface area contributed by atoms with Crippen LogP contribution >= 0.6 is 11.3 Å². The van der Waals surface area contributed by atoms with Gasteiger partial charge in [-0.25, -0.2) is 4.98 Å². The van der Waals surface area contributed by atoms with Gasteiger partial charge in [-0.05, 0) is 49.9 Å². The topological polar surface area (TPSA) is 46.9 Å². The number of aryl methyl sites for hydroxylation is 1. The van der Waals surface area contributed by atoms with Crippen molar-refractivity contribution in [2.75, 3.05) is 0 Å². The predicted octanol–water partition coefficient (Wildman–Crippen LogP) is 3.85. The molecule has 2 aromatic heterocycles. The molecule has 3 aromatic rings. The van der Waals surface area contributed by atoms with Gasteiger partial charge in [-0.15, -0.1) is 11.3 Å². The molecule has 23 heavy (non-hydrogen) atoms. The van der Waals surface area contributed by atoms with Crippen molar-refractivity contribution in [1.82, 2.24) is 14.9 Å². The van der Waals surface area contributed by atoms with E-state index in [0.29, 0.717) is 19.0 Å². The first kappa shape index (κ1) is 15.7. The van der Waals surface area contributed by atoms with E-state index in [2.05, 4.69) is 46.9 Å². The number of fused-ring (bicyclic) bond motifs is 1. The maximum absolute atomic E-state index is 12.0. The fourth-order valence-electron chi connectivity index (χ4n) is 2.86. The smallest absolute Gasteiger partial charge is 0.225 e. The van der Waals surface area contributed by atoms with Crippen LogP contribution in [0.1, 0.15) is 36.2 Å². The summed E-state index contributed by atoms with van der Waals surface area (Å²) >= 11 is 1.61. The summed E-state index contributed by atoms with van der Waals surface area (Å²) in [5.41, 5.74) is 3.21. The Bertz CT molecular complexity index is 818. The Morgan fingerprint density at radius 1 is 1.35 bits per heavy atom. The van der Waals surface area contributed by atoms with Crippen LogP contribution < -0.4 is 5.32 Å². The molecule has 5 heteroatoms. The first-order valence-corrected chi connectivity index (χ1v) is 8.69. The summed E-state index contributed by atoms with van der Waals surface area (Å²) in [5.74, 6) is 1.07. The molecular formula is C18H21N3OS. The van der Waals surface area contributed by atoms with Gasteiger partial charge in [0.1, 0.15) is 5.82 Å². The van der Waals surface area contributed by atoms with Crippen LogP contribution in [0.5, 0.6) is 0 Å². The Morgan fingerprint density at radius 2 is 2.17 bits per heavy atom. The monoisotopic (exact) mass is 327 g/mol. The standard InChI is InChI=1S/C18H21N3OS/c1-12(2)21-13(3)20-16-9-14(6-7-17(16)21)11-19-18(22)10-15-5-4-8-23-15/h4-9,12H,10-11H2,1-3H3,(H,19,22). The highest BCUT2D eigenvalue weighted by Gasteiger charge is 2.11. The third kappa shape index (κ3) is 3.45. The number of nitrogens with one attached hydrogen (secondary N) is 1. The van der Waals surface area contributed by atoms with Crippen molar-refractivity contribution in [3.8, 4) is 0 Å². The zero-order chi connectivity index (χ0) is 16.4. The molecule has 0 radical (unpaired) electrons. The first-order chi connectivity index (χ1) is 11.0. The second-order valence-corrected chi connectivity index (χ2v) is 7.01. The Hall–Kier alpha value is -2.14. The molecule has 120 valence electrons. The molecule has 0 spiro atoms. The van der Waals surface area contributed by atoms with Crippen LogP contribution in [-0.4, -0.2) is 15.5 Å². The van der Waals surface area contributed by atoms with E-state index >= 15 is 0 Å². The third-order valence-electron chi connectivity index (χ3n) is 3.85. The minimum Gasteiger partial charge on any atom is -0.352 e. The predicted molar refractivity (Wildman–Crippen MR) is 94.7 cm³/mol. The van der Waals surface area contributed by atoms with E-state index in [4.69, 9.17) is 0 Å². The van der Waals surface area contributed by atoms with Gasteiger partial charge in [0, 0.05) is 17.5 Å². The van der Waals surface area contributed by atoms with Crippen LogP contribution in [0.2, 0.25) is 0 Å². The van der Waals surface area contributed by atoms with E-state index in [1.54, 1.807) is 11.3 Å². The number of nitrogens with zero attached hydrogens (tertiary/aromatic N) is 2. The Balaban J connectivity index is 1.70. The maximum Gasteiger partial charge on any atom is 0.225 e. The lowest BCUT2D eigenvalue weighted by Crippen LogP contribution is -2.24. The molecule has 0 unspecified atom stereocenters. The third-order valence-corrected chi connectivity index (χ3v) is 4.73. The molecule has 3 rings (SSSR count). The quantitative estimate of drug-likeness (QED) is 0.774. The Morgan fingerprint density at radius 3 is 2.87 bits per heavy atom. The SMILES string of the molecule is Cc1nc2cc(CNC(=O)Cc3cccs3)ccc2n1C(C)C. The first-order valence-electron chi connectivity index (χ1n) is 7.81. The second-order valence-electron chi connectivity index (χ2n) is 5.98. The van der Waals surface area contributed by atoms with Gasteiger partial charge >= 0.3 is 0 Å². The molecule has 4 nitrogen and oxygen atoms in total. The molecule has 0 saturated carbocycles. The zero-order valence-corrected chi connectivity index (χ0v) is 14.5. The number of hydrogen-bond acceptors (Lipinski definition) is 3. The summed E-state index contributed by atoms with van der Waals surface area (Å²) in [6.07, 6.45) is 0.445. The van der Waals surface area contributed by atoms with Crippen LogP contribution in [0.25, 0.3) is 11.0 Å². The average molecular weight is 327 g/mol. The van der Waals surface area contributed by atoms with Crippen LogP contribution in [0.4, 0.5) is 0 Å². The van der Waals surface area contributed by atoms with Crippen molar-refractivity contribution < 1.29 is 4.79 Å². The van der Waals surface area contributed by atoms with Crippen LogP contribution in [0, 0.1) is 6.92 Å². The normalized spacial score (nSPS) is 11.3. The maximum atomic E-state index is 12.0. The fourth-order valence-corrected chi connectivity index (χ4v) is 3.56. The van der Waals surface area contributed by atoms with Gasteiger partial charge in [-0.1, -0.05) is 12.1 Å². The van der Waals surface area contributed by atoms with Gasteiger partial charge < -0.3 is 9.88 Å². The highest BCUT2D eigenvalue weighted by Crippen LogP contribution is 2.21. The summed E-state index contributed by atoms with van der Waals surface area (Å²) in [6.45, 7) is 6.88. The highest BCUT2D eigenvalue weighted by atomic mass is 32.1. The largest absolute Gasteiger partial charge is 0.352 e. The van der Waals surface area contributed by atoms with Gasteiger partial charge in [0.15, 0.2) is 0 Å². The van der Waals surface area contributed by atoms with E-state index in [0.717, 1.165) is 27.3 Å². The summed E-state index contributed by atoms with van der Waals surface area (Å²) in [4.78, 5) is 17.7. The molecule has 1 aromatic carbocycles. The van der Waals surface area contributed by atoms with Gasteiger partial charge in [0.25, 0.3) is 0 Å². The Labute approximate surface area is 140 Å². The number of hydrogen-bond donors (Lipinski definition) is 1. The molecule has 0 atom stereocenters. The molecule has 2 heterocycles. The summed E-state index contributed by atoms with van der Waals surface area (Å²) in [5, 5.41) is 4.97. The number of amides is 1. The average Bonchev–Trinajstić information content (AvgIpc) is 3.10. The molecule has 1 amide bonds. The molecule has 0 aliphatic carbocycles. The van der Waals surface area contributed by atoms with E-state index in [9.17, 15) is 4.79 Å². The Kier molecular flexibility index (Phi) is 4.48. The molecule has 1 N–H and O–H groups in total. The van der Waals surface area contributed by atoms with Crippen molar-refractivity contribution in [3.63, 3.8) is 0 Å². The van der Waals surface area contributed by atoms with Crippen molar-refractivity contribution >= 4 is 28.3 Å². The minimum atomic E-state index is 0.0523. The lowest BCUT2D eigenvalue weighted by atomic mass is 10.2. The van der Waals surface area contributed by atoms with E-state index in [1.807, 2.05) is 24.4 Å². The summed E-state index contributed by atoms with van der Waals surface area (Å²) in [6, 6.07) is 10.6. The number of benzene rings is 1. The summed E-state index contributed by atoms with van der Waals surface area (Å²) < 4.78 is 2.23. The van der Waals surface area contributed by atoms with Crippen molar-refractivity contribution in [2.24, 2.45) is 0 Å². The minimum absolute atomic E-state index is 0.0523. The summed E-state index contributed by atoms with van der Waals surface area (Å²) in [7, 11) is 0. The van der Waals surface area contributed by atoms with Gasteiger partial charge in [0.05, 0.1) is 17.5 Å². The van der Waals surface area contributed by atoms with Crippen LogP contribution in [-0.2, 0) is 17.8 Å². The molecule has 0 fully saturated rings. The molecule has 0 saturated heterocycles. The van der Waals surface area contributed by atoms with Crippen molar-refractivity contribution in [3.05, 3.63) is 52.0 Å². The number of aromatic nitrogens is 2. The van der Waals surface area contributed by atoms with Crippen molar-refractivity contribution in [1.29, 1.82) is 0 Å². The van der Waals surface area contributed by atoms with Crippen LogP contribution in [0.15, 0.2) is 35.7 Å².